The van der Waals surface area contributed by atoms with E-state index in [1.807, 2.05) is 68.4 Å². The van der Waals surface area contributed by atoms with Gasteiger partial charge in [0.25, 0.3) is 0 Å². The minimum absolute atomic E-state index is 0.209. The Kier molecular flexibility index (Phi) is 8.26. The van der Waals surface area contributed by atoms with Crippen molar-refractivity contribution in [1.82, 2.24) is 10.3 Å². The third-order valence-corrected chi connectivity index (χ3v) is 4.52. The van der Waals surface area contributed by atoms with Gasteiger partial charge in [0, 0.05) is 24.0 Å². The zero-order chi connectivity index (χ0) is 22.8. The van der Waals surface area contributed by atoms with Gasteiger partial charge in [-0.3, -0.25) is 9.59 Å². The number of ether oxygens (including phenoxy) is 2. The number of nitrogens with one attached hydrogen (secondary N) is 2. The van der Waals surface area contributed by atoms with Crippen LogP contribution in [-0.4, -0.2) is 17.5 Å². The number of pyridine rings is 1. The van der Waals surface area contributed by atoms with Crippen LogP contribution >= 0.6 is 0 Å². The number of hydrogen-bond donors (Lipinski definition) is 2. The monoisotopic (exact) mass is 432 g/mol. The lowest BCUT2D eigenvalue weighted by atomic mass is 10.2. The maximum absolute atomic E-state index is 12.1. The minimum atomic E-state index is -0.254. The summed E-state index contributed by atoms with van der Waals surface area (Å²) >= 11 is 0. The maximum atomic E-state index is 12.1. The highest BCUT2D eigenvalue weighted by molar-refractivity contribution is 5.91. The zero-order valence-electron chi connectivity index (χ0n) is 18.3. The van der Waals surface area contributed by atoms with Crippen LogP contribution in [-0.2, 0) is 17.9 Å². The number of aromatic amines is 1. The zero-order valence-corrected chi connectivity index (χ0v) is 18.3. The Morgan fingerprint density at radius 1 is 1.06 bits per heavy atom. The van der Waals surface area contributed by atoms with Gasteiger partial charge in [-0.25, -0.2) is 0 Å². The van der Waals surface area contributed by atoms with Crippen LogP contribution < -0.4 is 20.2 Å². The average Bonchev–Trinajstić information content (AvgIpc) is 2.80. The molecular formula is C26H28N2O4. The van der Waals surface area contributed by atoms with Crippen LogP contribution in [0.1, 0.15) is 30.7 Å². The van der Waals surface area contributed by atoms with Crippen LogP contribution in [0.5, 0.6) is 11.5 Å². The van der Waals surface area contributed by atoms with E-state index in [1.165, 1.54) is 18.3 Å². The lowest BCUT2D eigenvalue weighted by Crippen LogP contribution is -2.22. The van der Waals surface area contributed by atoms with Gasteiger partial charge < -0.3 is 19.8 Å². The maximum Gasteiger partial charge on any atom is 0.244 e. The van der Waals surface area contributed by atoms with Crippen LogP contribution in [0.3, 0.4) is 0 Å². The van der Waals surface area contributed by atoms with Crippen molar-refractivity contribution in [3.8, 4) is 11.5 Å². The van der Waals surface area contributed by atoms with Gasteiger partial charge in [0.15, 0.2) is 5.75 Å². The second-order valence-electron chi connectivity index (χ2n) is 7.79. The molecule has 0 spiro atoms. The Balaban J connectivity index is 1.46. The molecule has 3 aromatic rings. The molecule has 0 aliphatic carbocycles. The van der Waals surface area contributed by atoms with E-state index < -0.39 is 0 Å². The van der Waals surface area contributed by atoms with Crippen molar-refractivity contribution in [2.75, 3.05) is 6.61 Å². The van der Waals surface area contributed by atoms with Gasteiger partial charge in [-0.05, 0) is 35.3 Å². The first-order valence-electron chi connectivity index (χ1n) is 10.6. The summed E-state index contributed by atoms with van der Waals surface area (Å²) in [6, 6.07) is 18.9. The molecule has 0 saturated carbocycles. The lowest BCUT2D eigenvalue weighted by molar-refractivity contribution is -0.116. The van der Waals surface area contributed by atoms with Gasteiger partial charge in [0.2, 0.25) is 11.3 Å². The summed E-state index contributed by atoms with van der Waals surface area (Å²) in [4.78, 5) is 27.2. The molecule has 6 heteroatoms. The number of benzene rings is 2. The van der Waals surface area contributed by atoms with E-state index in [4.69, 9.17) is 9.47 Å². The Bertz CT molecular complexity index is 1090. The molecule has 2 N–H and O–H groups in total. The molecule has 0 fully saturated rings. The molecule has 0 atom stereocenters. The van der Waals surface area contributed by atoms with E-state index in [2.05, 4.69) is 10.3 Å². The first-order valence-corrected chi connectivity index (χ1v) is 10.6. The Morgan fingerprint density at radius 3 is 2.50 bits per heavy atom. The predicted molar refractivity (Wildman–Crippen MR) is 125 cm³/mol. The fourth-order valence-electron chi connectivity index (χ4n) is 2.80. The van der Waals surface area contributed by atoms with E-state index in [9.17, 15) is 9.59 Å². The van der Waals surface area contributed by atoms with Crippen molar-refractivity contribution in [2.24, 2.45) is 5.92 Å². The average molecular weight is 433 g/mol. The largest absolute Gasteiger partial charge is 0.489 e. The van der Waals surface area contributed by atoms with Gasteiger partial charge in [-0.15, -0.1) is 0 Å². The third-order valence-electron chi connectivity index (χ3n) is 4.52. The van der Waals surface area contributed by atoms with Gasteiger partial charge in [0.1, 0.15) is 12.4 Å². The van der Waals surface area contributed by atoms with Crippen molar-refractivity contribution < 1.29 is 14.3 Å². The summed E-state index contributed by atoms with van der Waals surface area (Å²) in [5, 5.41) is 2.75. The molecular weight excluding hydrogens is 404 g/mol. The Hall–Kier alpha value is -3.80. The fourth-order valence-corrected chi connectivity index (χ4v) is 2.80. The number of carbonyl (C=O) groups is 1. The SMILES string of the molecule is CC(C)COc1c[nH]c(CNC(=O)/C=C/c2ccc(OCc3ccccc3)cc2)cc1=O. The molecule has 3 rings (SSSR count). The Morgan fingerprint density at radius 2 is 1.81 bits per heavy atom. The first kappa shape index (κ1) is 22.9. The summed E-state index contributed by atoms with van der Waals surface area (Å²) in [5.74, 6) is 1.12. The van der Waals surface area contributed by atoms with E-state index in [-0.39, 0.29) is 23.6 Å². The van der Waals surface area contributed by atoms with Crippen molar-refractivity contribution in [2.45, 2.75) is 27.0 Å². The molecule has 0 aliphatic rings. The minimum Gasteiger partial charge on any atom is -0.489 e. The number of carbonyl (C=O) groups excluding carboxylic acids is 1. The van der Waals surface area contributed by atoms with Gasteiger partial charge in [-0.1, -0.05) is 56.3 Å². The molecule has 1 amide bonds. The normalized spacial score (nSPS) is 11.0. The second-order valence-corrected chi connectivity index (χ2v) is 7.79. The van der Waals surface area contributed by atoms with Gasteiger partial charge >= 0.3 is 0 Å². The number of aromatic nitrogens is 1. The molecule has 32 heavy (non-hydrogen) atoms. The second kappa shape index (κ2) is 11.6. The topological polar surface area (TPSA) is 80.4 Å². The molecule has 1 aromatic heterocycles. The van der Waals surface area contributed by atoms with Crippen molar-refractivity contribution in [1.29, 1.82) is 0 Å². The number of amides is 1. The highest BCUT2D eigenvalue weighted by Gasteiger charge is 2.05. The smallest absolute Gasteiger partial charge is 0.244 e. The third kappa shape index (κ3) is 7.47. The van der Waals surface area contributed by atoms with Crippen LogP contribution in [0.2, 0.25) is 0 Å². The molecule has 1 heterocycles. The van der Waals surface area contributed by atoms with E-state index in [0.29, 0.717) is 24.8 Å². The van der Waals surface area contributed by atoms with E-state index in [0.717, 1.165) is 16.9 Å². The van der Waals surface area contributed by atoms with Gasteiger partial charge in [-0.2, -0.15) is 0 Å². The highest BCUT2D eigenvalue weighted by atomic mass is 16.5. The van der Waals surface area contributed by atoms with Crippen molar-refractivity contribution in [3.63, 3.8) is 0 Å². The molecule has 166 valence electrons. The first-order chi connectivity index (χ1) is 15.5. The molecule has 0 radical (unpaired) electrons. The van der Waals surface area contributed by atoms with Crippen molar-refractivity contribution in [3.05, 3.63) is 100.0 Å². The molecule has 0 bridgehead atoms. The highest BCUT2D eigenvalue weighted by Crippen LogP contribution is 2.15. The molecule has 2 aromatic carbocycles. The van der Waals surface area contributed by atoms with Crippen LogP contribution in [0.15, 0.2) is 77.7 Å². The van der Waals surface area contributed by atoms with E-state index in [1.54, 1.807) is 6.08 Å². The Labute approximate surface area is 187 Å². The predicted octanol–water partition coefficient (Wildman–Crippen LogP) is 4.32. The quantitative estimate of drug-likeness (QED) is 0.468. The summed E-state index contributed by atoms with van der Waals surface area (Å²) < 4.78 is 11.2. The summed E-state index contributed by atoms with van der Waals surface area (Å²) in [6.45, 7) is 5.23. The molecule has 0 aliphatic heterocycles. The standard InChI is InChI=1S/C26H28N2O4/c1-19(2)17-32-25-16-27-22(14-24(25)29)15-28-26(30)13-10-20-8-11-23(12-9-20)31-18-21-6-4-3-5-7-21/h3-14,16,19H,15,17-18H2,1-2H3,(H,27,29)(H,28,30)/b13-10+. The van der Waals surface area contributed by atoms with E-state index >= 15 is 0 Å². The lowest BCUT2D eigenvalue weighted by Gasteiger charge is -2.09. The van der Waals surface area contributed by atoms with Gasteiger partial charge in [0.05, 0.1) is 13.2 Å². The molecule has 0 unspecified atom stereocenters. The van der Waals surface area contributed by atoms with Crippen LogP contribution in [0.25, 0.3) is 6.08 Å². The summed E-state index contributed by atoms with van der Waals surface area (Å²) in [5.41, 5.74) is 2.38. The summed E-state index contributed by atoms with van der Waals surface area (Å²) in [7, 11) is 0. The summed E-state index contributed by atoms with van der Waals surface area (Å²) in [6.07, 6.45) is 4.71. The van der Waals surface area contributed by atoms with Crippen LogP contribution in [0, 0.1) is 5.92 Å². The number of H-pyrrole nitrogens is 1. The van der Waals surface area contributed by atoms with Crippen molar-refractivity contribution >= 4 is 12.0 Å². The molecule has 0 saturated heterocycles. The van der Waals surface area contributed by atoms with Crippen LogP contribution in [0.4, 0.5) is 0 Å². The fraction of sp³-hybridized carbons (Fsp3) is 0.231. The number of rotatable bonds is 10. The molecule has 6 nitrogen and oxygen atoms in total. The number of hydrogen-bond acceptors (Lipinski definition) is 4.